The molecule has 1 aliphatic rings. The molecule has 0 saturated heterocycles. The number of para-hydroxylation sites is 1. The molecule has 0 aliphatic carbocycles. The van der Waals surface area contributed by atoms with Crippen molar-refractivity contribution in [1.29, 1.82) is 0 Å². The number of fused-ring (bicyclic) bond motifs is 1. The summed E-state index contributed by atoms with van der Waals surface area (Å²) in [7, 11) is 3.08. The van der Waals surface area contributed by atoms with E-state index in [9.17, 15) is 4.79 Å². The number of hydrogen-bond donors (Lipinski definition) is 1. The molecule has 1 aliphatic heterocycles. The molecule has 0 aromatic heterocycles. The summed E-state index contributed by atoms with van der Waals surface area (Å²) in [5.74, 6) is 0.661. The second-order valence-corrected chi connectivity index (χ2v) is 4.59. The van der Waals surface area contributed by atoms with Gasteiger partial charge >= 0.3 is 5.97 Å². The molecule has 5 heteroatoms. The summed E-state index contributed by atoms with van der Waals surface area (Å²) in [4.78, 5) is 12.1. The SMILES string of the molecule is COc1cc(OC)c2c(c1)C(Nc1ccccc1)OC2=O. The summed E-state index contributed by atoms with van der Waals surface area (Å²) in [6.07, 6.45) is -0.557. The van der Waals surface area contributed by atoms with Crippen molar-refractivity contribution in [3.05, 3.63) is 53.6 Å². The molecule has 5 nitrogen and oxygen atoms in total. The zero-order chi connectivity index (χ0) is 14.8. The van der Waals surface area contributed by atoms with E-state index in [1.165, 1.54) is 7.11 Å². The summed E-state index contributed by atoms with van der Waals surface area (Å²) >= 11 is 0. The first-order valence-corrected chi connectivity index (χ1v) is 6.51. The van der Waals surface area contributed by atoms with Gasteiger partial charge in [0, 0.05) is 17.3 Å². The number of hydrogen-bond acceptors (Lipinski definition) is 5. The Morgan fingerprint density at radius 3 is 2.52 bits per heavy atom. The van der Waals surface area contributed by atoms with Gasteiger partial charge in [-0.3, -0.25) is 0 Å². The van der Waals surface area contributed by atoms with E-state index in [1.54, 1.807) is 19.2 Å². The van der Waals surface area contributed by atoms with Gasteiger partial charge in [-0.2, -0.15) is 0 Å². The van der Waals surface area contributed by atoms with Gasteiger partial charge in [-0.25, -0.2) is 4.79 Å². The highest BCUT2D eigenvalue weighted by atomic mass is 16.6. The second kappa shape index (κ2) is 5.36. The monoisotopic (exact) mass is 285 g/mol. The minimum atomic E-state index is -0.557. The first kappa shape index (κ1) is 13.3. The zero-order valence-corrected chi connectivity index (χ0v) is 11.8. The number of carbonyl (C=O) groups excluding carboxylic acids is 1. The molecule has 108 valence electrons. The molecule has 1 unspecified atom stereocenters. The van der Waals surface area contributed by atoms with E-state index in [-0.39, 0.29) is 0 Å². The average molecular weight is 285 g/mol. The Morgan fingerprint density at radius 2 is 1.86 bits per heavy atom. The maximum Gasteiger partial charge on any atom is 0.344 e. The van der Waals surface area contributed by atoms with E-state index >= 15 is 0 Å². The van der Waals surface area contributed by atoms with Crippen LogP contribution in [0.1, 0.15) is 22.1 Å². The Labute approximate surface area is 122 Å². The van der Waals surface area contributed by atoms with Crippen LogP contribution >= 0.6 is 0 Å². The van der Waals surface area contributed by atoms with Crippen LogP contribution in [0.15, 0.2) is 42.5 Å². The predicted octanol–water partition coefficient (Wildman–Crippen LogP) is 2.98. The molecule has 0 radical (unpaired) electrons. The van der Waals surface area contributed by atoms with Crippen molar-refractivity contribution in [2.75, 3.05) is 19.5 Å². The van der Waals surface area contributed by atoms with Crippen molar-refractivity contribution >= 4 is 11.7 Å². The molecule has 0 fully saturated rings. The molecule has 0 amide bonds. The minimum Gasteiger partial charge on any atom is -0.497 e. The van der Waals surface area contributed by atoms with Crippen LogP contribution in [-0.2, 0) is 4.74 Å². The number of esters is 1. The minimum absolute atomic E-state index is 0.405. The number of anilines is 1. The summed E-state index contributed by atoms with van der Waals surface area (Å²) in [6.45, 7) is 0. The van der Waals surface area contributed by atoms with Crippen molar-refractivity contribution < 1.29 is 19.0 Å². The molecule has 1 atom stereocenters. The maximum atomic E-state index is 12.1. The number of cyclic esters (lactones) is 1. The number of rotatable bonds is 4. The van der Waals surface area contributed by atoms with Crippen LogP contribution in [0.4, 0.5) is 5.69 Å². The highest BCUT2D eigenvalue weighted by molar-refractivity contribution is 5.97. The molecule has 0 spiro atoms. The van der Waals surface area contributed by atoms with Crippen molar-refractivity contribution in [2.45, 2.75) is 6.23 Å². The molecule has 3 rings (SSSR count). The fraction of sp³-hybridized carbons (Fsp3) is 0.188. The number of ether oxygens (including phenoxy) is 3. The summed E-state index contributed by atoms with van der Waals surface area (Å²) in [5.41, 5.74) is 2.01. The largest absolute Gasteiger partial charge is 0.497 e. The third kappa shape index (κ3) is 2.38. The quantitative estimate of drug-likeness (QED) is 0.875. The number of nitrogens with one attached hydrogen (secondary N) is 1. The van der Waals surface area contributed by atoms with Crippen molar-refractivity contribution in [2.24, 2.45) is 0 Å². The third-order valence-electron chi connectivity index (χ3n) is 3.34. The normalized spacial score (nSPS) is 16.1. The number of methoxy groups -OCH3 is 2. The summed E-state index contributed by atoms with van der Waals surface area (Å²) < 4.78 is 15.9. The van der Waals surface area contributed by atoms with Crippen LogP contribution in [0, 0.1) is 0 Å². The van der Waals surface area contributed by atoms with E-state index in [2.05, 4.69) is 5.32 Å². The van der Waals surface area contributed by atoms with Gasteiger partial charge in [0.25, 0.3) is 0 Å². The lowest BCUT2D eigenvalue weighted by molar-refractivity contribution is 0.0435. The predicted molar refractivity (Wildman–Crippen MR) is 77.8 cm³/mol. The molecule has 21 heavy (non-hydrogen) atoms. The summed E-state index contributed by atoms with van der Waals surface area (Å²) in [5, 5.41) is 3.18. The topological polar surface area (TPSA) is 56.8 Å². The van der Waals surface area contributed by atoms with Gasteiger partial charge in [0.2, 0.25) is 6.23 Å². The second-order valence-electron chi connectivity index (χ2n) is 4.59. The van der Waals surface area contributed by atoms with Crippen molar-refractivity contribution in [1.82, 2.24) is 0 Å². The van der Waals surface area contributed by atoms with Crippen LogP contribution < -0.4 is 14.8 Å². The van der Waals surface area contributed by atoms with Gasteiger partial charge in [0.15, 0.2) is 0 Å². The Bertz CT molecular complexity index is 669. The molecular formula is C16H15NO4. The molecule has 0 bridgehead atoms. The van der Waals surface area contributed by atoms with Crippen LogP contribution in [0.5, 0.6) is 11.5 Å². The van der Waals surface area contributed by atoms with E-state index in [1.807, 2.05) is 30.3 Å². The molecule has 1 heterocycles. The average Bonchev–Trinajstić information content (AvgIpc) is 2.83. The van der Waals surface area contributed by atoms with Crippen LogP contribution in [-0.4, -0.2) is 20.2 Å². The highest BCUT2D eigenvalue weighted by Gasteiger charge is 2.35. The zero-order valence-electron chi connectivity index (χ0n) is 11.8. The molecular weight excluding hydrogens is 270 g/mol. The third-order valence-corrected chi connectivity index (χ3v) is 3.34. The fourth-order valence-electron chi connectivity index (χ4n) is 2.34. The van der Waals surface area contributed by atoms with E-state index in [0.29, 0.717) is 22.6 Å². The molecule has 2 aromatic carbocycles. The van der Waals surface area contributed by atoms with Crippen LogP contribution in [0.2, 0.25) is 0 Å². The molecule has 0 saturated carbocycles. The summed E-state index contributed by atoms with van der Waals surface area (Å²) in [6, 6.07) is 13.0. The molecule has 1 N–H and O–H groups in total. The maximum absolute atomic E-state index is 12.1. The smallest absolute Gasteiger partial charge is 0.344 e. The first-order valence-electron chi connectivity index (χ1n) is 6.51. The number of carbonyl (C=O) groups is 1. The molecule has 2 aromatic rings. The van der Waals surface area contributed by atoms with Crippen molar-refractivity contribution in [3.8, 4) is 11.5 Å². The van der Waals surface area contributed by atoms with E-state index < -0.39 is 12.2 Å². The van der Waals surface area contributed by atoms with Gasteiger partial charge in [-0.15, -0.1) is 0 Å². The van der Waals surface area contributed by atoms with Crippen LogP contribution in [0.25, 0.3) is 0 Å². The Kier molecular flexibility index (Phi) is 3.39. The Hall–Kier alpha value is -2.69. The Morgan fingerprint density at radius 1 is 1.10 bits per heavy atom. The Balaban J connectivity index is 2.00. The standard InChI is InChI=1S/C16H15NO4/c1-19-11-8-12-14(13(9-11)20-2)16(18)21-15(12)17-10-6-4-3-5-7-10/h3-9,15,17H,1-2H3. The fourth-order valence-corrected chi connectivity index (χ4v) is 2.34. The van der Waals surface area contributed by atoms with Crippen molar-refractivity contribution in [3.63, 3.8) is 0 Å². The lowest BCUT2D eigenvalue weighted by Gasteiger charge is -2.15. The van der Waals surface area contributed by atoms with E-state index in [0.717, 1.165) is 5.69 Å². The highest BCUT2D eigenvalue weighted by Crippen LogP contribution is 2.39. The van der Waals surface area contributed by atoms with Gasteiger partial charge in [-0.05, 0) is 18.2 Å². The van der Waals surface area contributed by atoms with E-state index in [4.69, 9.17) is 14.2 Å². The van der Waals surface area contributed by atoms with Gasteiger partial charge in [-0.1, -0.05) is 18.2 Å². The van der Waals surface area contributed by atoms with Crippen LogP contribution in [0.3, 0.4) is 0 Å². The van der Waals surface area contributed by atoms with Gasteiger partial charge < -0.3 is 19.5 Å². The van der Waals surface area contributed by atoms with Gasteiger partial charge in [0.1, 0.15) is 17.1 Å². The number of benzene rings is 2. The lowest BCUT2D eigenvalue weighted by Crippen LogP contribution is -2.10. The van der Waals surface area contributed by atoms with Gasteiger partial charge in [0.05, 0.1) is 14.2 Å². The first-order chi connectivity index (χ1) is 10.2. The lowest BCUT2D eigenvalue weighted by atomic mass is 10.1.